The molecule has 0 aromatic heterocycles. The fraction of sp³-hybridized carbons (Fsp3) is 0.538. The maximum Gasteiger partial charge on any atom is 0.162 e. The number of rotatable bonds is 5. The summed E-state index contributed by atoms with van der Waals surface area (Å²) >= 11 is 5.96. The minimum atomic E-state index is 0.179. The van der Waals surface area contributed by atoms with Crippen molar-refractivity contribution in [2.24, 2.45) is 5.92 Å². The summed E-state index contributed by atoms with van der Waals surface area (Å²) in [5.41, 5.74) is 0.786. The first-order valence-electron chi connectivity index (χ1n) is 5.97. The Morgan fingerprint density at radius 2 is 2.24 bits per heavy atom. The monoisotopic (exact) mass is 255 g/mol. The van der Waals surface area contributed by atoms with Crippen molar-refractivity contribution >= 4 is 11.6 Å². The Bertz CT molecular complexity index is 391. The largest absolute Gasteiger partial charge is 0.504 e. The van der Waals surface area contributed by atoms with Gasteiger partial charge in [-0.1, -0.05) is 18.0 Å². The standard InChI is InChI=1S/C13H18ClNO2/c1-17-12-6-11(14)5-10(13(12)16)8-15-7-9-3-2-4-9/h5-6,9,15-16H,2-4,7-8H2,1H3. The average molecular weight is 256 g/mol. The number of aromatic hydroxyl groups is 1. The number of methoxy groups -OCH3 is 1. The molecule has 0 amide bonds. The summed E-state index contributed by atoms with van der Waals surface area (Å²) in [4.78, 5) is 0. The topological polar surface area (TPSA) is 41.5 Å². The van der Waals surface area contributed by atoms with Gasteiger partial charge in [-0.2, -0.15) is 0 Å². The summed E-state index contributed by atoms with van der Waals surface area (Å²) in [5, 5.41) is 13.9. The highest BCUT2D eigenvalue weighted by atomic mass is 35.5. The van der Waals surface area contributed by atoms with Gasteiger partial charge in [0.25, 0.3) is 0 Å². The Hall–Kier alpha value is -0.930. The Morgan fingerprint density at radius 3 is 2.82 bits per heavy atom. The summed E-state index contributed by atoms with van der Waals surface area (Å²) in [6.45, 7) is 1.63. The highest BCUT2D eigenvalue weighted by molar-refractivity contribution is 6.30. The minimum absolute atomic E-state index is 0.179. The van der Waals surface area contributed by atoms with Crippen molar-refractivity contribution in [2.75, 3.05) is 13.7 Å². The molecule has 1 aromatic carbocycles. The number of halogens is 1. The van der Waals surface area contributed by atoms with Crippen LogP contribution in [0.1, 0.15) is 24.8 Å². The lowest BCUT2D eigenvalue weighted by Gasteiger charge is -2.25. The summed E-state index contributed by atoms with van der Waals surface area (Å²) in [6.07, 6.45) is 3.98. The number of phenolic OH excluding ortho intramolecular Hbond substituents is 1. The minimum Gasteiger partial charge on any atom is -0.504 e. The molecule has 0 atom stereocenters. The number of phenols is 1. The van der Waals surface area contributed by atoms with Gasteiger partial charge in [-0.25, -0.2) is 0 Å². The van der Waals surface area contributed by atoms with Crippen molar-refractivity contribution in [2.45, 2.75) is 25.8 Å². The van der Waals surface area contributed by atoms with E-state index in [1.807, 2.05) is 0 Å². The van der Waals surface area contributed by atoms with E-state index in [4.69, 9.17) is 16.3 Å². The summed E-state index contributed by atoms with van der Waals surface area (Å²) in [7, 11) is 1.52. The van der Waals surface area contributed by atoms with Crippen molar-refractivity contribution in [3.63, 3.8) is 0 Å². The molecule has 94 valence electrons. The molecule has 0 saturated heterocycles. The first-order chi connectivity index (χ1) is 8.20. The van der Waals surface area contributed by atoms with Gasteiger partial charge in [-0.05, 0) is 31.4 Å². The van der Waals surface area contributed by atoms with Gasteiger partial charge in [0.05, 0.1) is 7.11 Å². The molecule has 0 heterocycles. The van der Waals surface area contributed by atoms with Gasteiger partial charge in [0.2, 0.25) is 0 Å². The van der Waals surface area contributed by atoms with E-state index in [2.05, 4.69) is 5.32 Å². The molecule has 1 fully saturated rings. The molecule has 0 unspecified atom stereocenters. The van der Waals surface area contributed by atoms with Gasteiger partial charge < -0.3 is 15.2 Å². The van der Waals surface area contributed by atoms with E-state index in [1.54, 1.807) is 12.1 Å². The quantitative estimate of drug-likeness (QED) is 0.850. The zero-order valence-electron chi connectivity index (χ0n) is 10.0. The molecule has 0 aliphatic heterocycles. The summed E-state index contributed by atoms with van der Waals surface area (Å²) in [5.74, 6) is 1.41. The highest BCUT2D eigenvalue weighted by Crippen LogP contribution is 2.33. The normalized spacial score (nSPS) is 15.6. The second-order valence-electron chi connectivity index (χ2n) is 4.54. The maximum atomic E-state index is 9.93. The molecule has 0 radical (unpaired) electrons. The molecule has 0 bridgehead atoms. The van der Waals surface area contributed by atoms with Crippen LogP contribution in [-0.2, 0) is 6.54 Å². The van der Waals surface area contributed by atoms with E-state index in [0.717, 1.165) is 18.0 Å². The zero-order valence-corrected chi connectivity index (χ0v) is 10.8. The molecule has 17 heavy (non-hydrogen) atoms. The third-order valence-corrected chi connectivity index (χ3v) is 3.53. The Labute approximate surface area is 107 Å². The second kappa shape index (κ2) is 5.61. The van der Waals surface area contributed by atoms with E-state index >= 15 is 0 Å². The summed E-state index contributed by atoms with van der Waals surface area (Å²) in [6, 6.07) is 3.39. The van der Waals surface area contributed by atoms with Crippen molar-refractivity contribution in [3.8, 4) is 11.5 Å². The van der Waals surface area contributed by atoms with Crippen molar-refractivity contribution in [3.05, 3.63) is 22.7 Å². The van der Waals surface area contributed by atoms with Crippen molar-refractivity contribution in [1.29, 1.82) is 0 Å². The Morgan fingerprint density at radius 1 is 1.47 bits per heavy atom. The lowest BCUT2D eigenvalue weighted by atomic mass is 9.85. The first-order valence-corrected chi connectivity index (χ1v) is 6.34. The lowest BCUT2D eigenvalue weighted by molar-refractivity contribution is 0.300. The highest BCUT2D eigenvalue weighted by Gasteiger charge is 2.17. The smallest absolute Gasteiger partial charge is 0.162 e. The predicted molar refractivity (Wildman–Crippen MR) is 68.7 cm³/mol. The third kappa shape index (κ3) is 3.05. The van der Waals surface area contributed by atoms with Crippen molar-refractivity contribution in [1.82, 2.24) is 5.32 Å². The molecule has 1 aromatic rings. The SMILES string of the molecule is COc1cc(Cl)cc(CNCC2CCC2)c1O. The number of hydrogen-bond donors (Lipinski definition) is 2. The number of nitrogens with one attached hydrogen (secondary N) is 1. The lowest BCUT2D eigenvalue weighted by Crippen LogP contribution is -2.26. The van der Waals surface area contributed by atoms with Crippen LogP contribution in [0, 0.1) is 5.92 Å². The zero-order chi connectivity index (χ0) is 12.3. The van der Waals surface area contributed by atoms with Gasteiger partial charge in [0.1, 0.15) is 0 Å². The molecular formula is C13H18ClNO2. The van der Waals surface area contributed by atoms with Crippen LogP contribution >= 0.6 is 11.6 Å². The van der Waals surface area contributed by atoms with E-state index in [1.165, 1.54) is 26.4 Å². The third-order valence-electron chi connectivity index (χ3n) is 3.31. The fourth-order valence-corrected chi connectivity index (χ4v) is 2.26. The van der Waals surface area contributed by atoms with Crippen LogP contribution in [0.4, 0.5) is 0 Å². The molecule has 2 N–H and O–H groups in total. The van der Waals surface area contributed by atoms with E-state index in [9.17, 15) is 5.11 Å². The fourth-order valence-electron chi connectivity index (χ4n) is 2.03. The van der Waals surface area contributed by atoms with Gasteiger partial charge in [-0.3, -0.25) is 0 Å². The van der Waals surface area contributed by atoms with E-state index in [0.29, 0.717) is 17.3 Å². The van der Waals surface area contributed by atoms with Crippen LogP contribution in [0.15, 0.2) is 12.1 Å². The summed E-state index contributed by atoms with van der Waals surface area (Å²) < 4.78 is 5.06. The Balaban J connectivity index is 1.96. The molecule has 3 nitrogen and oxygen atoms in total. The molecule has 4 heteroatoms. The molecular weight excluding hydrogens is 238 g/mol. The average Bonchev–Trinajstić information content (AvgIpc) is 2.25. The maximum absolute atomic E-state index is 9.93. The molecule has 1 aliphatic carbocycles. The van der Waals surface area contributed by atoms with Gasteiger partial charge in [0, 0.05) is 23.2 Å². The van der Waals surface area contributed by atoms with Crippen LogP contribution in [-0.4, -0.2) is 18.8 Å². The molecule has 2 rings (SSSR count). The van der Waals surface area contributed by atoms with Gasteiger partial charge in [-0.15, -0.1) is 0 Å². The number of ether oxygens (including phenoxy) is 1. The predicted octanol–water partition coefficient (Wildman–Crippen LogP) is 2.94. The molecule has 0 spiro atoms. The van der Waals surface area contributed by atoms with Crippen LogP contribution in [0.3, 0.4) is 0 Å². The van der Waals surface area contributed by atoms with Gasteiger partial charge in [0.15, 0.2) is 11.5 Å². The van der Waals surface area contributed by atoms with Crippen LogP contribution < -0.4 is 10.1 Å². The molecule has 1 saturated carbocycles. The van der Waals surface area contributed by atoms with Gasteiger partial charge >= 0.3 is 0 Å². The van der Waals surface area contributed by atoms with Crippen molar-refractivity contribution < 1.29 is 9.84 Å². The van der Waals surface area contributed by atoms with Crippen LogP contribution in [0.2, 0.25) is 5.02 Å². The number of benzene rings is 1. The Kier molecular flexibility index (Phi) is 4.13. The first kappa shape index (κ1) is 12.5. The molecule has 1 aliphatic rings. The van der Waals surface area contributed by atoms with Crippen LogP contribution in [0.25, 0.3) is 0 Å². The van der Waals surface area contributed by atoms with E-state index < -0.39 is 0 Å². The van der Waals surface area contributed by atoms with Crippen LogP contribution in [0.5, 0.6) is 11.5 Å². The van der Waals surface area contributed by atoms with E-state index in [-0.39, 0.29) is 5.75 Å². The second-order valence-corrected chi connectivity index (χ2v) is 4.98. The number of hydrogen-bond acceptors (Lipinski definition) is 3.